The first-order valence-electron chi connectivity index (χ1n) is 8.27. The van der Waals surface area contributed by atoms with E-state index in [9.17, 15) is 4.79 Å². The zero-order valence-corrected chi connectivity index (χ0v) is 15.2. The summed E-state index contributed by atoms with van der Waals surface area (Å²) >= 11 is 1.22. The first kappa shape index (κ1) is 18.0. The maximum Gasteiger partial charge on any atom is 0.298 e. The molecule has 26 heavy (non-hydrogen) atoms. The largest absolute Gasteiger partial charge is 0.430 e. The number of amides is 1. The molecular formula is C19H19N3O3S. The van der Waals surface area contributed by atoms with Gasteiger partial charge in [-0.2, -0.15) is 9.36 Å². The summed E-state index contributed by atoms with van der Waals surface area (Å²) in [4.78, 5) is 20.9. The molecular weight excluding hydrogens is 350 g/mol. The van der Waals surface area contributed by atoms with Gasteiger partial charge < -0.3 is 4.74 Å². The van der Waals surface area contributed by atoms with Gasteiger partial charge in [-0.1, -0.05) is 42.5 Å². The number of carbonyl (C=O) groups is 1. The van der Waals surface area contributed by atoms with Crippen molar-refractivity contribution in [1.82, 2.24) is 14.8 Å². The normalized spacial score (nSPS) is 10.5. The predicted molar refractivity (Wildman–Crippen MR) is 99.1 cm³/mol. The van der Waals surface area contributed by atoms with E-state index in [1.54, 1.807) is 0 Å². The molecule has 134 valence electrons. The van der Waals surface area contributed by atoms with E-state index in [2.05, 4.69) is 14.8 Å². The summed E-state index contributed by atoms with van der Waals surface area (Å²) in [5.41, 5.74) is 4.40. The number of rotatable bonds is 8. The van der Waals surface area contributed by atoms with Crippen molar-refractivity contribution in [3.63, 3.8) is 0 Å². The van der Waals surface area contributed by atoms with E-state index in [4.69, 9.17) is 9.57 Å². The van der Waals surface area contributed by atoms with Crippen molar-refractivity contribution < 1.29 is 14.4 Å². The zero-order chi connectivity index (χ0) is 18.2. The second kappa shape index (κ2) is 9.07. The van der Waals surface area contributed by atoms with Crippen molar-refractivity contribution >= 4 is 17.4 Å². The Balaban J connectivity index is 1.55. The van der Waals surface area contributed by atoms with Crippen LogP contribution in [0.1, 0.15) is 23.9 Å². The lowest BCUT2D eigenvalue weighted by Gasteiger charge is -2.05. The van der Waals surface area contributed by atoms with Crippen LogP contribution in [0.4, 0.5) is 0 Å². The minimum atomic E-state index is -0.185. The Labute approximate surface area is 155 Å². The Morgan fingerprint density at radius 3 is 2.58 bits per heavy atom. The van der Waals surface area contributed by atoms with Gasteiger partial charge in [0.2, 0.25) is 5.91 Å². The standard InChI is InChI=1S/C19H19N3O3S/c1-2-24-21-18(23)13-15-8-10-16(11-9-15)25-19-20-17(22-26-19)12-14-6-4-3-5-7-14/h3-11H,2,12-13H2,1H3,(H,21,23). The number of hydrogen-bond acceptors (Lipinski definition) is 6. The van der Waals surface area contributed by atoms with E-state index in [1.165, 1.54) is 11.5 Å². The molecule has 6 nitrogen and oxygen atoms in total. The van der Waals surface area contributed by atoms with Gasteiger partial charge in [0.15, 0.2) is 5.82 Å². The molecule has 3 aromatic rings. The van der Waals surface area contributed by atoms with Crippen molar-refractivity contribution in [2.45, 2.75) is 19.8 Å². The lowest BCUT2D eigenvalue weighted by molar-refractivity contribution is -0.132. The number of nitrogens with zero attached hydrogens (tertiary/aromatic N) is 2. The summed E-state index contributed by atoms with van der Waals surface area (Å²) in [5.74, 6) is 1.21. The van der Waals surface area contributed by atoms with Gasteiger partial charge in [0.25, 0.3) is 5.19 Å². The highest BCUT2D eigenvalue weighted by Gasteiger charge is 2.08. The Bertz CT molecular complexity index is 835. The molecule has 0 spiro atoms. The summed E-state index contributed by atoms with van der Waals surface area (Å²) < 4.78 is 10.1. The molecule has 7 heteroatoms. The van der Waals surface area contributed by atoms with Crippen LogP contribution in [0, 0.1) is 0 Å². The second-order valence-electron chi connectivity index (χ2n) is 5.52. The first-order chi connectivity index (χ1) is 12.7. The molecule has 2 aromatic carbocycles. The van der Waals surface area contributed by atoms with Gasteiger partial charge in [0, 0.05) is 18.0 Å². The third-order valence-corrected chi connectivity index (χ3v) is 4.11. The molecule has 0 atom stereocenters. The fraction of sp³-hybridized carbons (Fsp3) is 0.211. The number of hydroxylamine groups is 1. The minimum absolute atomic E-state index is 0.185. The number of nitrogens with one attached hydrogen (secondary N) is 1. The van der Waals surface area contributed by atoms with Crippen molar-refractivity contribution in [2.24, 2.45) is 0 Å². The molecule has 1 heterocycles. The quantitative estimate of drug-likeness (QED) is 0.615. The van der Waals surface area contributed by atoms with Crippen LogP contribution in [-0.2, 0) is 22.5 Å². The van der Waals surface area contributed by atoms with Crippen LogP contribution in [0.2, 0.25) is 0 Å². The van der Waals surface area contributed by atoms with E-state index >= 15 is 0 Å². The number of benzene rings is 2. The number of aromatic nitrogens is 2. The van der Waals surface area contributed by atoms with Crippen LogP contribution in [-0.4, -0.2) is 21.9 Å². The number of hydrogen-bond donors (Lipinski definition) is 1. The third-order valence-electron chi connectivity index (χ3n) is 3.48. The summed E-state index contributed by atoms with van der Waals surface area (Å²) in [6.45, 7) is 2.25. The molecule has 0 aliphatic heterocycles. The van der Waals surface area contributed by atoms with Gasteiger partial charge in [-0.15, -0.1) is 0 Å². The highest BCUT2D eigenvalue weighted by atomic mass is 32.1. The summed E-state index contributed by atoms with van der Waals surface area (Å²) in [5, 5.41) is 0.498. The van der Waals surface area contributed by atoms with Crippen LogP contribution < -0.4 is 10.2 Å². The topological polar surface area (TPSA) is 73.3 Å². The van der Waals surface area contributed by atoms with Gasteiger partial charge in [0.1, 0.15) is 5.75 Å². The van der Waals surface area contributed by atoms with Crippen molar-refractivity contribution in [1.29, 1.82) is 0 Å². The highest BCUT2D eigenvalue weighted by molar-refractivity contribution is 7.07. The molecule has 0 bridgehead atoms. The Morgan fingerprint density at radius 2 is 1.85 bits per heavy atom. The van der Waals surface area contributed by atoms with Crippen molar-refractivity contribution in [3.05, 3.63) is 71.5 Å². The summed E-state index contributed by atoms with van der Waals surface area (Å²) in [6, 6.07) is 17.4. The lowest BCUT2D eigenvalue weighted by Crippen LogP contribution is -2.25. The zero-order valence-electron chi connectivity index (χ0n) is 14.3. The van der Waals surface area contributed by atoms with E-state index in [1.807, 2.05) is 61.5 Å². The molecule has 0 fully saturated rings. The maximum absolute atomic E-state index is 11.6. The maximum atomic E-state index is 11.6. The molecule has 1 aromatic heterocycles. The Morgan fingerprint density at radius 1 is 1.08 bits per heavy atom. The monoisotopic (exact) mass is 369 g/mol. The molecule has 0 saturated heterocycles. The van der Waals surface area contributed by atoms with Crippen LogP contribution in [0.5, 0.6) is 10.9 Å². The first-order valence-corrected chi connectivity index (χ1v) is 9.04. The second-order valence-corrected chi connectivity index (χ2v) is 6.23. The molecule has 0 aliphatic rings. The average molecular weight is 369 g/mol. The SMILES string of the molecule is CCONC(=O)Cc1ccc(Oc2nc(Cc3ccccc3)ns2)cc1. The molecule has 0 saturated carbocycles. The van der Waals surface area contributed by atoms with E-state index < -0.39 is 0 Å². The molecule has 1 amide bonds. The van der Waals surface area contributed by atoms with Gasteiger partial charge >= 0.3 is 0 Å². The predicted octanol–water partition coefficient (Wildman–Crippen LogP) is 3.53. The van der Waals surface area contributed by atoms with Crippen LogP contribution >= 0.6 is 11.5 Å². The van der Waals surface area contributed by atoms with E-state index in [-0.39, 0.29) is 12.3 Å². The molecule has 1 N–H and O–H groups in total. The lowest BCUT2D eigenvalue weighted by atomic mass is 10.1. The van der Waals surface area contributed by atoms with E-state index in [0.29, 0.717) is 24.0 Å². The molecule has 0 unspecified atom stereocenters. The molecule has 3 rings (SSSR count). The van der Waals surface area contributed by atoms with Gasteiger partial charge in [0.05, 0.1) is 13.0 Å². The fourth-order valence-corrected chi connectivity index (χ4v) is 2.85. The number of ether oxygens (including phenoxy) is 1. The van der Waals surface area contributed by atoms with Crippen LogP contribution in [0.3, 0.4) is 0 Å². The smallest absolute Gasteiger partial charge is 0.298 e. The van der Waals surface area contributed by atoms with Crippen molar-refractivity contribution in [2.75, 3.05) is 6.61 Å². The van der Waals surface area contributed by atoms with E-state index in [0.717, 1.165) is 17.0 Å². The third kappa shape index (κ3) is 5.37. The fourth-order valence-electron chi connectivity index (χ4n) is 2.28. The van der Waals surface area contributed by atoms with Crippen molar-refractivity contribution in [3.8, 4) is 10.9 Å². The van der Waals surface area contributed by atoms with Gasteiger partial charge in [-0.3, -0.25) is 9.63 Å². The van der Waals surface area contributed by atoms with Crippen LogP contribution in [0.25, 0.3) is 0 Å². The molecule has 0 radical (unpaired) electrons. The summed E-state index contributed by atoms with van der Waals surface area (Å²) in [6.07, 6.45) is 0.925. The molecule has 0 aliphatic carbocycles. The number of carbonyl (C=O) groups excluding carboxylic acids is 1. The Kier molecular flexibility index (Phi) is 6.29. The van der Waals surface area contributed by atoms with Gasteiger partial charge in [-0.25, -0.2) is 5.48 Å². The summed E-state index contributed by atoms with van der Waals surface area (Å²) in [7, 11) is 0. The Hall–Kier alpha value is -2.77. The minimum Gasteiger partial charge on any atom is -0.430 e. The van der Waals surface area contributed by atoms with Crippen LogP contribution in [0.15, 0.2) is 54.6 Å². The van der Waals surface area contributed by atoms with Gasteiger partial charge in [-0.05, 0) is 30.2 Å². The average Bonchev–Trinajstić information content (AvgIpc) is 3.09. The highest BCUT2D eigenvalue weighted by Crippen LogP contribution is 2.24.